The summed E-state index contributed by atoms with van der Waals surface area (Å²) in [5.74, 6) is 0.522. The van der Waals surface area contributed by atoms with Gasteiger partial charge in [-0.05, 0) is 30.3 Å². The Morgan fingerprint density at radius 2 is 1.69 bits per heavy atom. The Labute approximate surface area is 182 Å². The van der Waals surface area contributed by atoms with Gasteiger partial charge < -0.3 is 14.8 Å². The number of pyridine rings is 1. The molecule has 2 heterocycles. The highest BCUT2D eigenvalue weighted by Crippen LogP contribution is 2.30. The van der Waals surface area contributed by atoms with Gasteiger partial charge in [-0.1, -0.05) is 18.2 Å². The van der Waals surface area contributed by atoms with E-state index < -0.39 is 17.2 Å². The van der Waals surface area contributed by atoms with Crippen molar-refractivity contribution in [3.8, 4) is 17.2 Å². The van der Waals surface area contributed by atoms with Crippen LogP contribution in [0.15, 0.2) is 70.4 Å². The maximum absolute atomic E-state index is 12.8. The monoisotopic (exact) mass is 432 g/mol. The van der Waals surface area contributed by atoms with Crippen molar-refractivity contribution in [3.63, 3.8) is 0 Å². The van der Waals surface area contributed by atoms with Crippen molar-refractivity contribution in [3.05, 3.63) is 87.2 Å². The van der Waals surface area contributed by atoms with E-state index in [-0.39, 0.29) is 16.6 Å². The minimum absolute atomic E-state index is 0.149. The maximum atomic E-state index is 12.8. The van der Waals surface area contributed by atoms with E-state index in [9.17, 15) is 14.4 Å². The Balaban J connectivity index is 1.78. The predicted octanol–water partition coefficient (Wildman–Crippen LogP) is 2.35. The van der Waals surface area contributed by atoms with Gasteiger partial charge in [-0.2, -0.15) is 0 Å². The Morgan fingerprint density at radius 3 is 2.38 bits per heavy atom. The Bertz CT molecular complexity index is 1440. The first-order valence-corrected chi connectivity index (χ1v) is 9.65. The highest BCUT2D eigenvalue weighted by molar-refractivity contribution is 6.05. The van der Waals surface area contributed by atoms with E-state index in [0.717, 1.165) is 4.57 Å². The topological polar surface area (TPSA) is 104 Å². The van der Waals surface area contributed by atoms with Crippen LogP contribution in [0.2, 0.25) is 0 Å². The molecule has 2 aromatic heterocycles. The number of carbonyl (C=O) groups excluding carboxylic acids is 1. The molecule has 0 unspecified atom stereocenters. The molecule has 0 radical (unpaired) electrons. The minimum atomic E-state index is -0.537. The van der Waals surface area contributed by atoms with Gasteiger partial charge in [0, 0.05) is 25.0 Å². The highest BCUT2D eigenvalue weighted by atomic mass is 16.5. The fourth-order valence-corrected chi connectivity index (χ4v) is 3.35. The third-order valence-corrected chi connectivity index (χ3v) is 5.01. The summed E-state index contributed by atoms with van der Waals surface area (Å²) < 4.78 is 12.8. The predicted molar refractivity (Wildman–Crippen MR) is 120 cm³/mol. The molecule has 4 rings (SSSR count). The van der Waals surface area contributed by atoms with E-state index in [1.54, 1.807) is 42.5 Å². The molecule has 4 aromatic rings. The Hall–Kier alpha value is -4.40. The van der Waals surface area contributed by atoms with Crippen LogP contribution < -0.4 is 26.0 Å². The largest absolute Gasteiger partial charge is 0.493 e. The van der Waals surface area contributed by atoms with Crippen LogP contribution in [-0.4, -0.2) is 34.2 Å². The summed E-state index contributed by atoms with van der Waals surface area (Å²) in [4.78, 5) is 42.6. The number of hydrogen-bond acceptors (Lipinski definition) is 6. The van der Waals surface area contributed by atoms with Gasteiger partial charge in [0.05, 0.1) is 30.9 Å². The standard InChI is InChI=1S/C23H20N4O5/c1-26-22(29)17-11-14(21(28)25-15-9-10-18(31-2)19(12-15)32-3)13-24-20(17)27(23(26)30)16-7-5-4-6-8-16/h4-13H,1-3H3,(H,25,28). The molecule has 2 aromatic carbocycles. The van der Waals surface area contributed by atoms with Crippen molar-refractivity contribution >= 4 is 22.6 Å². The second kappa shape index (κ2) is 8.38. The number of hydrogen-bond donors (Lipinski definition) is 1. The van der Waals surface area contributed by atoms with Gasteiger partial charge in [-0.3, -0.25) is 14.2 Å². The molecule has 162 valence electrons. The summed E-state index contributed by atoms with van der Waals surface area (Å²) in [6.07, 6.45) is 1.33. The molecule has 32 heavy (non-hydrogen) atoms. The fraction of sp³-hybridized carbons (Fsp3) is 0.130. The van der Waals surface area contributed by atoms with Crippen LogP contribution in [-0.2, 0) is 7.05 Å². The van der Waals surface area contributed by atoms with Gasteiger partial charge in [-0.15, -0.1) is 0 Å². The number of methoxy groups -OCH3 is 2. The Morgan fingerprint density at radius 1 is 0.969 bits per heavy atom. The van der Waals surface area contributed by atoms with Gasteiger partial charge in [0.1, 0.15) is 0 Å². The zero-order chi connectivity index (χ0) is 22.8. The lowest BCUT2D eigenvalue weighted by molar-refractivity contribution is 0.102. The molecule has 0 saturated carbocycles. The van der Waals surface area contributed by atoms with Gasteiger partial charge in [0.2, 0.25) is 0 Å². The van der Waals surface area contributed by atoms with Gasteiger partial charge in [0.25, 0.3) is 11.5 Å². The molecule has 0 bridgehead atoms. The molecule has 0 saturated heterocycles. The van der Waals surface area contributed by atoms with E-state index in [2.05, 4.69) is 10.3 Å². The molecule has 1 amide bonds. The number of fused-ring (bicyclic) bond motifs is 1. The minimum Gasteiger partial charge on any atom is -0.493 e. The van der Waals surface area contributed by atoms with Gasteiger partial charge in [0.15, 0.2) is 17.1 Å². The number of rotatable bonds is 5. The molecule has 0 atom stereocenters. The van der Waals surface area contributed by atoms with Crippen LogP contribution in [0.3, 0.4) is 0 Å². The average Bonchev–Trinajstić information content (AvgIpc) is 2.83. The summed E-state index contributed by atoms with van der Waals surface area (Å²) in [6.45, 7) is 0. The number of ether oxygens (including phenoxy) is 2. The van der Waals surface area contributed by atoms with Crippen molar-refractivity contribution in [2.24, 2.45) is 7.05 Å². The van der Waals surface area contributed by atoms with Crippen molar-refractivity contribution < 1.29 is 14.3 Å². The number of anilines is 1. The number of amides is 1. The SMILES string of the molecule is COc1ccc(NC(=O)c2cnc3c(c2)c(=O)n(C)c(=O)n3-c2ccccc2)cc1OC. The first-order valence-electron chi connectivity index (χ1n) is 9.65. The molecule has 9 nitrogen and oxygen atoms in total. The molecule has 9 heteroatoms. The van der Waals surface area contributed by atoms with Crippen molar-refractivity contribution in [2.45, 2.75) is 0 Å². The summed E-state index contributed by atoms with van der Waals surface area (Å²) in [7, 11) is 4.41. The van der Waals surface area contributed by atoms with Crippen LogP contribution in [0, 0.1) is 0 Å². The smallest absolute Gasteiger partial charge is 0.337 e. The van der Waals surface area contributed by atoms with Crippen LogP contribution in [0.5, 0.6) is 11.5 Å². The molecule has 0 aliphatic rings. The highest BCUT2D eigenvalue weighted by Gasteiger charge is 2.17. The summed E-state index contributed by atoms with van der Waals surface area (Å²) in [5.41, 5.74) is 0.326. The van der Waals surface area contributed by atoms with Crippen LogP contribution in [0.1, 0.15) is 10.4 Å². The van der Waals surface area contributed by atoms with Gasteiger partial charge in [-0.25, -0.2) is 14.3 Å². The zero-order valence-corrected chi connectivity index (χ0v) is 17.7. The zero-order valence-electron chi connectivity index (χ0n) is 17.7. The molecular weight excluding hydrogens is 412 g/mol. The lowest BCUT2D eigenvalue weighted by atomic mass is 10.2. The average molecular weight is 432 g/mol. The number of nitrogens with one attached hydrogen (secondary N) is 1. The fourth-order valence-electron chi connectivity index (χ4n) is 3.35. The van der Waals surface area contributed by atoms with E-state index in [0.29, 0.717) is 22.9 Å². The third-order valence-electron chi connectivity index (χ3n) is 5.01. The van der Waals surface area contributed by atoms with E-state index in [4.69, 9.17) is 9.47 Å². The van der Waals surface area contributed by atoms with E-state index in [1.165, 1.54) is 38.1 Å². The van der Waals surface area contributed by atoms with Gasteiger partial charge >= 0.3 is 5.69 Å². The molecule has 0 aliphatic carbocycles. The van der Waals surface area contributed by atoms with Crippen molar-refractivity contribution in [1.82, 2.24) is 14.1 Å². The quantitative estimate of drug-likeness (QED) is 0.519. The van der Waals surface area contributed by atoms with Crippen LogP contribution >= 0.6 is 0 Å². The number of aromatic nitrogens is 3. The third kappa shape index (κ3) is 3.60. The van der Waals surface area contributed by atoms with Crippen molar-refractivity contribution in [1.29, 1.82) is 0 Å². The lowest BCUT2D eigenvalue weighted by Crippen LogP contribution is -2.38. The number of nitrogens with zero attached hydrogens (tertiary/aromatic N) is 3. The summed E-state index contributed by atoms with van der Waals surface area (Å²) >= 11 is 0. The second-order valence-corrected chi connectivity index (χ2v) is 6.94. The van der Waals surface area contributed by atoms with Crippen molar-refractivity contribution in [2.75, 3.05) is 19.5 Å². The summed E-state index contributed by atoms with van der Waals surface area (Å²) in [6, 6.07) is 15.3. The number of benzene rings is 2. The summed E-state index contributed by atoms with van der Waals surface area (Å²) in [5, 5.41) is 2.90. The molecule has 0 aliphatic heterocycles. The molecule has 0 fully saturated rings. The second-order valence-electron chi connectivity index (χ2n) is 6.94. The number of para-hydroxylation sites is 1. The first-order chi connectivity index (χ1) is 15.4. The van der Waals surface area contributed by atoms with Crippen LogP contribution in [0.4, 0.5) is 5.69 Å². The first kappa shape index (κ1) is 20.9. The normalized spacial score (nSPS) is 10.7. The Kier molecular flexibility index (Phi) is 5.46. The molecule has 0 spiro atoms. The van der Waals surface area contributed by atoms with Crippen LogP contribution in [0.25, 0.3) is 16.7 Å². The molecular formula is C23H20N4O5. The lowest BCUT2D eigenvalue weighted by Gasteiger charge is -2.13. The number of carbonyl (C=O) groups is 1. The van der Waals surface area contributed by atoms with E-state index >= 15 is 0 Å². The maximum Gasteiger partial charge on any atom is 0.337 e. The molecule has 1 N–H and O–H groups in total. The van der Waals surface area contributed by atoms with E-state index in [1.807, 2.05) is 6.07 Å².